The molecule has 1 N–H and O–H groups in total. The summed E-state index contributed by atoms with van der Waals surface area (Å²) < 4.78 is 31.3. The number of rotatable bonds is 3. The molecule has 9 heteroatoms. The first-order valence-electron chi connectivity index (χ1n) is 7.86. The van der Waals surface area contributed by atoms with Crippen molar-refractivity contribution in [1.29, 1.82) is 0 Å². The lowest BCUT2D eigenvalue weighted by Gasteiger charge is -2.36. The molecule has 3 heterocycles. The zero-order chi connectivity index (χ0) is 15.7. The van der Waals surface area contributed by atoms with Crippen LogP contribution in [0.15, 0.2) is 0 Å². The number of aromatic nitrogens is 3. The second-order valence-corrected chi connectivity index (χ2v) is 8.43. The third-order valence-electron chi connectivity index (χ3n) is 4.63. The molecular formula is C13H23N5O2S2. The van der Waals surface area contributed by atoms with Crippen molar-refractivity contribution in [2.45, 2.75) is 38.0 Å². The van der Waals surface area contributed by atoms with E-state index < -0.39 is 10.2 Å². The maximum atomic E-state index is 12.8. The molecular weight excluding hydrogens is 322 g/mol. The normalized spacial score (nSPS) is 25.4. The molecule has 1 atom stereocenters. The van der Waals surface area contributed by atoms with Crippen LogP contribution in [0, 0.1) is 4.77 Å². The third kappa shape index (κ3) is 2.99. The first kappa shape index (κ1) is 16.1. The van der Waals surface area contributed by atoms with Gasteiger partial charge in [0.1, 0.15) is 5.82 Å². The van der Waals surface area contributed by atoms with Gasteiger partial charge in [0.25, 0.3) is 10.2 Å². The highest BCUT2D eigenvalue weighted by molar-refractivity contribution is 7.86. The number of nitrogens with one attached hydrogen (secondary N) is 1. The quantitative estimate of drug-likeness (QED) is 0.840. The summed E-state index contributed by atoms with van der Waals surface area (Å²) in [5, 5.41) is 7.07. The van der Waals surface area contributed by atoms with Crippen LogP contribution in [0.1, 0.15) is 43.8 Å². The SMILES string of the molecule is Cn1c(C2CCCN(S(=O)(=O)N3CCCCC3)C2)n[nH]c1=S. The highest BCUT2D eigenvalue weighted by Crippen LogP contribution is 2.28. The van der Waals surface area contributed by atoms with Crippen molar-refractivity contribution in [2.24, 2.45) is 7.05 Å². The van der Waals surface area contributed by atoms with Crippen molar-refractivity contribution in [3.63, 3.8) is 0 Å². The number of hydrogen-bond acceptors (Lipinski definition) is 4. The molecule has 124 valence electrons. The summed E-state index contributed by atoms with van der Waals surface area (Å²) in [6, 6.07) is 0. The highest BCUT2D eigenvalue weighted by Gasteiger charge is 2.35. The first-order chi connectivity index (χ1) is 10.5. The predicted molar refractivity (Wildman–Crippen MR) is 86.3 cm³/mol. The van der Waals surface area contributed by atoms with E-state index in [1.165, 1.54) is 0 Å². The Kier molecular flexibility index (Phi) is 4.67. The summed E-state index contributed by atoms with van der Waals surface area (Å²) in [6.45, 7) is 2.39. The van der Waals surface area contributed by atoms with Crippen molar-refractivity contribution in [3.8, 4) is 0 Å². The zero-order valence-corrected chi connectivity index (χ0v) is 14.5. The van der Waals surface area contributed by atoms with E-state index in [2.05, 4.69) is 10.2 Å². The Morgan fingerprint density at radius 2 is 1.82 bits per heavy atom. The van der Waals surface area contributed by atoms with Gasteiger partial charge in [-0.15, -0.1) is 0 Å². The van der Waals surface area contributed by atoms with Crippen LogP contribution in [-0.4, -0.2) is 58.0 Å². The van der Waals surface area contributed by atoms with E-state index in [0.29, 0.717) is 31.0 Å². The summed E-state index contributed by atoms with van der Waals surface area (Å²) in [4.78, 5) is 0. The van der Waals surface area contributed by atoms with E-state index in [1.807, 2.05) is 11.6 Å². The first-order valence-corrected chi connectivity index (χ1v) is 9.67. The topological polar surface area (TPSA) is 74.2 Å². The Bertz CT molecular complexity index is 675. The van der Waals surface area contributed by atoms with Crippen molar-refractivity contribution in [1.82, 2.24) is 23.4 Å². The molecule has 0 amide bonds. The van der Waals surface area contributed by atoms with Gasteiger partial charge in [-0.2, -0.15) is 22.1 Å². The van der Waals surface area contributed by atoms with Gasteiger partial charge in [-0.05, 0) is 37.9 Å². The van der Waals surface area contributed by atoms with Gasteiger partial charge in [0.05, 0.1) is 0 Å². The monoisotopic (exact) mass is 345 g/mol. The molecule has 22 heavy (non-hydrogen) atoms. The Labute approximate surface area is 136 Å². The molecule has 2 fully saturated rings. The van der Waals surface area contributed by atoms with E-state index in [9.17, 15) is 8.42 Å². The van der Waals surface area contributed by atoms with E-state index in [-0.39, 0.29) is 5.92 Å². The van der Waals surface area contributed by atoms with Crippen LogP contribution in [0.3, 0.4) is 0 Å². The third-order valence-corrected chi connectivity index (χ3v) is 7.00. The maximum absolute atomic E-state index is 12.8. The molecule has 0 spiro atoms. The molecule has 0 radical (unpaired) electrons. The molecule has 1 aromatic rings. The average Bonchev–Trinajstić information content (AvgIpc) is 2.88. The van der Waals surface area contributed by atoms with Crippen LogP contribution in [0.25, 0.3) is 0 Å². The van der Waals surface area contributed by atoms with Gasteiger partial charge >= 0.3 is 0 Å². The number of H-pyrrole nitrogens is 1. The molecule has 1 unspecified atom stereocenters. The van der Waals surface area contributed by atoms with E-state index in [1.54, 1.807) is 8.61 Å². The van der Waals surface area contributed by atoms with Crippen LogP contribution in [0.4, 0.5) is 0 Å². The molecule has 2 saturated heterocycles. The predicted octanol–water partition coefficient (Wildman–Crippen LogP) is 1.39. The number of hydrogen-bond donors (Lipinski definition) is 1. The summed E-state index contributed by atoms with van der Waals surface area (Å²) in [7, 11) is -1.46. The number of piperidine rings is 2. The standard InChI is InChI=1S/C13H23N5O2S2/c1-16-12(14-15-13(16)21)11-6-5-9-18(10-11)22(19,20)17-7-3-2-4-8-17/h11H,2-10H2,1H3,(H,15,21). The zero-order valence-electron chi connectivity index (χ0n) is 12.9. The smallest absolute Gasteiger partial charge is 0.281 e. The van der Waals surface area contributed by atoms with Crippen LogP contribution < -0.4 is 0 Å². The molecule has 2 aliphatic heterocycles. The fourth-order valence-corrected chi connectivity index (χ4v) is 5.26. The minimum atomic E-state index is -3.34. The van der Waals surface area contributed by atoms with Crippen molar-refractivity contribution < 1.29 is 8.42 Å². The van der Waals surface area contributed by atoms with Gasteiger partial charge in [-0.3, -0.25) is 5.10 Å². The summed E-state index contributed by atoms with van der Waals surface area (Å²) in [6.07, 6.45) is 4.85. The van der Waals surface area contributed by atoms with Crippen LogP contribution in [0.5, 0.6) is 0 Å². The van der Waals surface area contributed by atoms with Crippen molar-refractivity contribution >= 4 is 22.4 Å². The average molecular weight is 345 g/mol. The summed E-state index contributed by atoms with van der Waals surface area (Å²) in [5.74, 6) is 0.954. The second-order valence-electron chi connectivity index (χ2n) is 6.11. The molecule has 0 saturated carbocycles. The van der Waals surface area contributed by atoms with Gasteiger partial charge in [-0.25, -0.2) is 0 Å². The van der Waals surface area contributed by atoms with Crippen molar-refractivity contribution in [3.05, 3.63) is 10.6 Å². The largest absolute Gasteiger partial charge is 0.307 e. The second kappa shape index (κ2) is 6.38. The molecule has 1 aromatic heterocycles. The number of aromatic amines is 1. The van der Waals surface area contributed by atoms with Crippen molar-refractivity contribution in [2.75, 3.05) is 26.2 Å². The lowest BCUT2D eigenvalue weighted by Crippen LogP contribution is -2.49. The summed E-state index contributed by atoms with van der Waals surface area (Å²) >= 11 is 5.15. The van der Waals surface area contributed by atoms with Crippen LogP contribution in [-0.2, 0) is 17.3 Å². The lowest BCUT2D eigenvalue weighted by molar-refractivity contribution is 0.263. The Balaban J connectivity index is 1.77. The molecule has 0 bridgehead atoms. The van der Waals surface area contributed by atoms with Crippen LogP contribution >= 0.6 is 12.2 Å². The van der Waals surface area contributed by atoms with Gasteiger partial charge in [0.15, 0.2) is 4.77 Å². The van der Waals surface area contributed by atoms with E-state index in [4.69, 9.17) is 12.2 Å². The van der Waals surface area contributed by atoms with Gasteiger partial charge in [0, 0.05) is 39.1 Å². The van der Waals surface area contributed by atoms with Gasteiger partial charge in [0.2, 0.25) is 0 Å². The summed E-state index contributed by atoms with van der Waals surface area (Å²) in [5.41, 5.74) is 0. The van der Waals surface area contributed by atoms with Gasteiger partial charge < -0.3 is 4.57 Å². The lowest BCUT2D eigenvalue weighted by atomic mass is 9.99. The number of nitrogens with zero attached hydrogens (tertiary/aromatic N) is 4. The van der Waals surface area contributed by atoms with Gasteiger partial charge in [-0.1, -0.05) is 6.42 Å². The van der Waals surface area contributed by atoms with E-state index >= 15 is 0 Å². The molecule has 7 nitrogen and oxygen atoms in total. The molecule has 0 aromatic carbocycles. The Hall–Kier alpha value is -0.770. The molecule has 3 rings (SSSR count). The Morgan fingerprint density at radius 1 is 1.14 bits per heavy atom. The highest BCUT2D eigenvalue weighted by atomic mass is 32.2. The fraction of sp³-hybridized carbons (Fsp3) is 0.846. The minimum Gasteiger partial charge on any atom is -0.307 e. The van der Waals surface area contributed by atoms with Crippen LogP contribution in [0.2, 0.25) is 0 Å². The molecule has 0 aliphatic carbocycles. The maximum Gasteiger partial charge on any atom is 0.281 e. The fourth-order valence-electron chi connectivity index (χ4n) is 3.35. The van der Waals surface area contributed by atoms with E-state index in [0.717, 1.165) is 37.9 Å². The Morgan fingerprint density at radius 3 is 2.45 bits per heavy atom. The molecule has 2 aliphatic rings. The minimum absolute atomic E-state index is 0.103.